The number of hydrogen-bond donors (Lipinski definition) is 1. The average Bonchev–Trinajstić information content (AvgIpc) is 3.55. The van der Waals surface area contributed by atoms with E-state index in [1.54, 1.807) is 50.4 Å². The van der Waals surface area contributed by atoms with Crippen LogP contribution in [0.3, 0.4) is 0 Å². The van der Waals surface area contributed by atoms with Crippen molar-refractivity contribution in [3.05, 3.63) is 98.5 Å². The third-order valence-electron chi connectivity index (χ3n) is 8.74. The topological polar surface area (TPSA) is 127 Å². The number of thiazole rings is 1. The summed E-state index contributed by atoms with van der Waals surface area (Å²) in [6, 6.07) is 20.9. The van der Waals surface area contributed by atoms with Gasteiger partial charge in [0.25, 0.3) is 0 Å². The number of thioether (sulfide) groups is 1. The number of methoxy groups -OCH3 is 1. The zero-order valence-corrected chi connectivity index (χ0v) is 29.1. The highest BCUT2D eigenvalue weighted by molar-refractivity contribution is 8.00. The number of anilines is 3. The Morgan fingerprint density at radius 3 is 2.16 bits per heavy atom. The summed E-state index contributed by atoms with van der Waals surface area (Å²) in [5.41, 5.74) is 3.01. The molecule has 1 N–H and O–H groups in total. The molecule has 0 bridgehead atoms. The zero-order chi connectivity index (χ0) is 34.8. The van der Waals surface area contributed by atoms with Crippen molar-refractivity contribution in [2.45, 2.75) is 43.5 Å². The van der Waals surface area contributed by atoms with Gasteiger partial charge in [-0.1, -0.05) is 35.2 Å². The van der Waals surface area contributed by atoms with E-state index in [0.717, 1.165) is 47.4 Å². The first-order chi connectivity index (χ1) is 23.7. The molecule has 1 fully saturated rings. The Bertz CT molecular complexity index is 1930. The number of hydrogen-bond acceptors (Lipinski definition) is 10. The van der Waals surface area contributed by atoms with Gasteiger partial charge in [-0.2, -0.15) is 0 Å². The minimum absolute atomic E-state index is 0.222. The molecule has 254 valence electrons. The van der Waals surface area contributed by atoms with E-state index in [1.807, 2.05) is 24.3 Å². The third-order valence-corrected chi connectivity index (χ3v) is 11.3. The third kappa shape index (κ3) is 6.47. The molecule has 2 aliphatic heterocycles. The summed E-state index contributed by atoms with van der Waals surface area (Å²) in [6.45, 7) is 7.47. The van der Waals surface area contributed by atoms with E-state index in [9.17, 15) is 24.0 Å². The van der Waals surface area contributed by atoms with Gasteiger partial charge in [-0.25, -0.2) is 9.69 Å². The van der Waals surface area contributed by atoms with Gasteiger partial charge in [0.05, 0.1) is 35.9 Å². The van der Waals surface area contributed by atoms with Crippen LogP contribution in [0.2, 0.25) is 0 Å². The lowest BCUT2D eigenvalue weighted by Crippen LogP contribution is -2.33. The highest BCUT2D eigenvalue weighted by atomic mass is 32.2. The number of aromatic nitrogens is 1. The van der Waals surface area contributed by atoms with E-state index in [4.69, 9.17) is 9.47 Å². The van der Waals surface area contributed by atoms with E-state index >= 15 is 0 Å². The van der Waals surface area contributed by atoms with Gasteiger partial charge in [-0.3, -0.25) is 23.7 Å². The van der Waals surface area contributed by atoms with Crippen molar-refractivity contribution in [2.24, 2.45) is 5.92 Å². The number of nitrogens with zero attached hydrogens (tertiary/aromatic N) is 3. The number of imide groups is 1. The number of nitrogens with one attached hydrogen (secondary N) is 1. The maximum Gasteiger partial charge on any atom is 0.338 e. The number of carbonyl (C=O) groups is 4. The summed E-state index contributed by atoms with van der Waals surface area (Å²) in [5.74, 6) is -2.48. The molecular formula is C36H36N4O7S2. The van der Waals surface area contributed by atoms with Crippen LogP contribution < -0.4 is 24.7 Å². The Morgan fingerprint density at radius 2 is 1.55 bits per heavy atom. The molecule has 0 saturated carbocycles. The van der Waals surface area contributed by atoms with Gasteiger partial charge in [0.2, 0.25) is 17.7 Å². The predicted octanol–water partition coefficient (Wildman–Crippen LogP) is 5.38. The van der Waals surface area contributed by atoms with E-state index in [2.05, 4.69) is 24.1 Å². The normalized spacial score (nSPS) is 18.1. The van der Waals surface area contributed by atoms with Gasteiger partial charge in [0.1, 0.15) is 17.5 Å². The van der Waals surface area contributed by atoms with Gasteiger partial charge < -0.3 is 19.7 Å². The number of fused-ring (bicyclic) bond motifs is 2. The summed E-state index contributed by atoms with van der Waals surface area (Å²) in [5, 5.41) is 2.48. The summed E-state index contributed by atoms with van der Waals surface area (Å²) < 4.78 is 11.7. The van der Waals surface area contributed by atoms with Crippen LogP contribution in [-0.2, 0) is 25.7 Å². The number of ether oxygens (including phenoxy) is 2. The lowest BCUT2D eigenvalue weighted by atomic mass is 9.83. The van der Waals surface area contributed by atoms with Crippen LogP contribution >= 0.6 is 23.1 Å². The van der Waals surface area contributed by atoms with E-state index in [0.29, 0.717) is 32.6 Å². The van der Waals surface area contributed by atoms with Crippen LogP contribution in [0.4, 0.5) is 17.1 Å². The van der Waals surface area contributed by atoms with Crippen LogP contribution in [-0.4, -0.2) is 60.3 Å². The number of amides is 3. The molecule has 0 radical (unpaired) electrons. The van der Waals surface area contributed by atoms with E-state index in [-0.39, 0.29) is 23.9 Å². The van der Waals surface area contributed by atoms with E-state index < -0.39 is 34.9 Å². The van der Waals surface area contributed by atoms with Crippen LogP contribution in [0.15, 0.2) is 82.6 Å². The molecule has 1 aromatic heterocycles. The van der Waals surface area contributed by atoms with Crippen molar-refractivity contribution < 1.29 is 28.7 Å². The van der Waals surface area contributed by atoms with Gasteiger partial charge >= 0.3 is 10.8 Å². The van der Waals surface area contributed by atoms with Gasteiger partial charge in [-0.05, 0) is 87.0 Å². The molecule has 3 amide bonds. The molecule has 13 heteroatoms. The van der Waals surface area contributed by atoms with Crippen molar-refractivity contribution in [1.82, 2.24) is 4.57 Å². The molecule has 2 aliphatic rings. The Morgan fingerprint density at radius 1 is 0.878 bits per heavy atom. The maximum atomic E-state index is 14.3. The molecule has 1 saturated heterocycles. The summed E-state index contributed by atoms with van der Waals surface area (Å²) in [6.07, 6.45) is 0. The zero-order valence-electron chi connectivity index (χ0n) is 27.5. The molecule has 11 nitrogen and oxygen atoms in total. The molecule has 3 atom stereocenters. The monoisotopic (exact) mass is 700 g/mol. The van der Waals surface area contributed by atoms with Gasteiger partial charge in [0.15, 0.2) is 0 Å². The van der Waals surface area contributed by atoms with Crippen molar-refractivity contribution in [3.8, 4) is 5.75 Å². The average molecular weight is 701 g/mol. The Hall–Kier alpha value is -4.88. The van der Waals surface area contributed by atoms with Crippen LogP contribution in [0.1, 0.15) is 47.5 Å². The van der Waals surface area contributed by atoms with Crippen molar-refractivity contribution in [2.75, 3.05) is 41.9 Å². The lowest BCUT2D eigenvalue weighted by Gasteiger charge is -2.31. The Labute approximate surface area is 291 Å². The number of rotatable bonds is 11. The first kappa shape index (κ1) is 34.0. The molecule has 6 rings (SSSR count). The summed E-state index contributed by atoms with van der Waals surface area (Å²) in [4.78, 5) is 71.1. The maximum absolute atomic E-state index is 14.3. The number of benzene rings is 3. The summed E-state index contributed by atoms with van der Waals surface area (Å²) in [7, 11) is 1.55. The second-order valence-corrected chi connectivity index (χ2v) is 13.6. The van der Waals surface area contributed by atoms with Crippen LogP contribution in [0, 0.1) is 5.92 Å². The largest absolute Gasteiger partial charge is 0.497 e. The molecular weight excluding hydrogens is 665 g/mol. The van der Waals surface area contributed by atoms with Gasteiger partial charge in [-0.15, -0.1) is 0 Å². The molecule has 3 heterocycles. The second-order valence-electron chi connectivity index (χ2n) is 11.5. The molecule has 0 aliphatic carbocycles. The lowest BCUT2D eigenvalue weighted by molar-refractivity contribution is -0.122. The second kappa shape index (κ2) is 14.3. The van der Waals surface area contributed by atoms with Gasteiger partial charge in [0, 0.05) is 35.3 Å². The Balaban J connectivity index is 1.37. The first-order valence-electron chi connectivity index (χ1n) is 16.0. The fourth-order valence-corrected chi connectivity index (χ4v) is 9.10. The quantitative estimate of drug-likeness (QED) is 0.162. The molecule has 49 heavy (non-hydrogen) atoms. The minimum atomic E-state index is -0.845. The fourth-order valence-electron chi connectivity index (χ4n) is 6.33. The predicted molar refractivity (Wildman–Crippen MR) is 190 cm³/mol. The van der Waals surface area contributed by atoms with Crippen molar-refractivity contribution >= 4 is 63.9 Å². The molecule has 4 aromatic rings. The molecule has 2 unspecified atom stereocenters. The standard InChI is InChI=1S/C36H36N4O7S2/c1-5-38(6-2)24-14-8-21(9-15-24)28-29-30(33(43)40(32(29)42)25-16-10-22(11-17-25)35(44)47-7-3)48-34-31(28)49-36(45)39(34)20-27(41)37-23-12-18-26(46-4)19-13-23/h8-19,28-30H,5-7,20H2,1-4H3,(H,37,41)/t28-,29?,30?/m1/s1. The number of esters is 1. The highest BCUT2D eigenvalue weighted by Crippen LogP contribution is 2.54. The van der Waals surface area contributed by atoms with Crippen molar-refractivity contribution in [3.63, 3.8) is 0 Å². The van der Waals surface area contributed by atoms with E-state index in [1.165, 1.54) is 21.6 Å². The fraction of sp³-hybridized carbons (Fsp3) is 0.306. The van der Waals surface area contributed by atoms with Crippen LogP contribution in [0.25, 0.3) is 0 Å². The van der Waals surface area contributed by atoms with Crippen molar-refractivity contribution in [1.29, 1.82) is 0 Å². The first-order valence-corrected chi connectivity index (χ1v) is 17.7. The Kier molecular flexibility index (Phi) is 9.93. The SMILES string of the molecule is CCOC(=O)c1ccc(N2C(=O)C3Sc4c(sc(=O)n4CC(=O)Nc4ccc(OC)cc4)[C@H](c4ccc(N(CC)CC)cc4)C3C2=O)cc1. The summed E-state index contributed by atoms with van der Waals surface area (Å²) >= 11 is 2.15. The number of carbonyl (C=O) groups excluding carboxylic acids is 4. The molecule has 3 aromatic carbocycles. The smallest absolute Gasteiger partial charge is 0.338 e. The highest BCUT2D eigenvalue weighted by Gasteiger charge is 2.56. The molecule has 0 spiro atoms. The minimum Gasteiger partial charge on any atom is -0.497 e. The van der Waals surface area contributed by atoms with Crippen LogP contribution in [0.5, 0.6) is 5.75 Å².